The molecule has 320 valence electrons. The van der Waals surface area contributed by atoms with Gasteiger partial charge in [-0.25, -0.2) is 0 Å². The van der Waals surface area contributed by atoms with Gasteiger partial charge in [0.05, 0.1) is 0 Å². The number of halogens is 2. The second-order valence-electron chi connectivity index (χ2n) is 14.7. The van der Waals surface area contributed by atoms with Crippen molar-refractivity contribution in [3.63, 3.8) is 0 Å². The molecule has 0 aliphatic heterocycles. The Hall–Kier alpha value is -2.79. The minimum Gasteiger partial charge on any atom is -1.00 e. The van der Waals surface area contributed by atoms with E-state index in [0.717, 1.165) is 44.7 Å². The van der Waals surface area contributed by atoms with E-state index in [-0.39, 0.29) is 88.6 Å². The molecule has 0 aromatic heterocycles. The normalized spacial score (nSPS) is 12.8. The van der Waals surface area contributed by atoms with Crippen LogP contribution in [-0.4, -0.2) is 31.1 Å². The number of benzene rings is 6. The summed E-state index contributed by atoms with van der Waals surface area (Å²) in [5.74, 6) is 0. The van der Waals surface area contributed by atoms with E-state index in [0.29, 0.717) is 0 Å². The van der Waals surface area contributed by atoms with Gasteiger partial charge in [0.15, 0.2) is 0 Å². The van der Waals surface area contributed by atoms with Crippen LogP contribution in [0.25, 0.3) is 33.0 Å². The summed E-state index contributed by atoms with van der Waals surface area (Å²) in [6, 6.07) is 72.2. The van der Waals surface area contributed by atoms with E-state index >= 15 is 0 Å². The maximum absolute atomic E-state index is 7.27. The van der Waals surface area contributed by atoms with E-state index < -0.39 is 0 Å². The molecular formula is C54H58Cl2Hf2N2Si2-6. The van der Waals surface area contributed by atoms with Crippen LogP contribution in [0.15, 0.2) is 206 Å². The summed E-state index contributed by atoms with van der Waals surface area (Å²) in [6.45, 7) is 0. The molecule has 0 bridgehead atoms. The summed E-state index contributed by atoms with van der Waals surface area (Å²) in [5.41, 5.74) is 14.5. The Bertz CT molecular complexity index is 1900. The third-order valence-electron chi connectivity index (χ3n) is 9.98. The second-order valence-corrected chi connectivity index (χ2v) is 17.5. The molecule has 0 saturated heterocycles. The molecule has 10 rings (SSSR count). The third kappa shape index (κ3) is 23.8. The number of hydrogen-bond acceptors (Lipinski definition) is 0. The minimum atomic E-state index is 0. The van der Waals surface area contributed by atoms with Crippen molar-refractivity contribution in [2.24, 2.45) is 0 Å². The van der Waals surface area contributed by atoms with Crippen LogP contribution in [0.5, 0.6) is 0 Å². The Morgan fingerprint density at radius 1 is 0.339 bits per heavy atom. The van der Waals surface area contributed by atoms with Crippen LogP contribution < -0.4 is 45.6 Å². The average Bonchev–Trinajstić information content (AvgIpc) is 3.98. The molecule has 2 saturated carbocycles. The van der Waals surface area contributed by atoms with Crippen LogP contribution >= 0.6 is 0 Å². The molecule has 8 heteroatoms. The van der Waals surface area contributed by atoms with Crippen LogP contribution in [0, 0.1) is 0 Å². The second kappa shape index (κ2) is 35.6. The third-order valence-corrected chi connectivity index (χ3v) is 12.5. The molecular weight excluding hydrogens is 1160 g/mol. The Kier molecular flexibility index (Phi) is 32.8. The molecule has 4 radical (unpaired) electrons. The number of nitrogens with one attached hydrogen (secondary N) is 2. The number of hydrogen-bond donors (Lipinski definition) is 0. The first kappa shape index (κ1) is 57.2. The quantitative estimate of drug-likeness (QED) is 0.142. The van der Waals surface area contributed by atoms with Gasteiger partial charge in [-0.05, 0) is 0 Å². The zero-order valence-corrected chi connectivity index (χ0v) is 46.3. The van der Waals surface area contributed by atoms with Gasteiger partial charge in [0.25, 0.3) is 0 Å². The van der Waals surface area contributed by atoms with Gasteiger partial charge in [0.2, 0.25) is 0 Å². The maximum Gasteiger partial charge on any atom is 0.121 e. The summed E-state index contributed by atoms with van der Waals surface area (Å²) in [5, 5.41) is 10.9. The summed E-state index contributed by atoms with van der Waals surface area (Å²) in [6.07, 6.45) is 12.6. The zero-order chi connectivity index (χ0) is 40.3. The van der Waals surface area contributed by atoms with Crippen molar-refractivity contribution in [3.8, 4) is 0 Å². The van der Waals surface area contributed by atoms with Crippen molar-refractivity contribution in [1.82, 2.24) is 0 Å². The monoisotopic (exact) mass is 1220 g/mol. The average molecular weight is 1220 g/mol. The van der Waals surface area contributed by atoms with Crippen LogP contribution in [0.2, 0.25) is 0 Å². The van der Waals surface area contributed by atoms with Gasteiger partial charge < -0.3 is 36.3 Å². The van der Waals surface area contributed by atoms with Crippen LogP contribution in [0.4, 0.5) is 0 Å². The first-order valence-corrected chi connectivity index (χ1v) is 23.0. The van der Waals surface area contributed by atoms with E-state index in [4.69, 9.17) is 11.5 Å². The van der Waals surface area contributed by atoms with Crippen LogP contribution in [0.3, 0.4) is 0 Å². The Balaban J connectivity index is 0.000000373. The van der Waals surface area contributed by atoms with E-state index in [1.54, 1.807) is 0 Å². The molecule has 2 aliphatic rings. The molecule has 0 heterocycles. The minimum absolute atomic E-state index is 0. The van der Waals surface area contributed by atoms with Gasteiger partial charge in [0, 0.05) is 51.7 Å². The van der Waals surface area contributed by atoms with Crippen molar-refractivity contribution in [2.45, 2.75) is 76.3 Å². The molecule has 2 N–H and O–H groups in total. The largest absolute Gasteiger partial charge is 1.00 e. The smallest absolute Gasteiger partial charge is 0.121 e. The van der Waals surface area contributed by atoms with Gasteiger partial charge >= 0.3 is 0 Å². The number of fused-ring (bicyclic) bond motifs is 2. The summed E-state index contributed by atoms with van der Waals surface area (Å²) in [7, 11) is 1.55. The molecule has 2 nitrogen and oxygen atoms in total. The van der Waals surface area contributed by atoms with E-state index in [9.17, 15) is 0 Å². The number of rotatable bonds is 4. The fourth-order valence-corrected chi connectivity index (χ4v) is 8.87. The standard InChI is InChI=1S/2C12H10Si.2C9H7.2C6H12N.2ClH.2Hf/c2*1-3-7-11(8-4-1)13-12-9-5-2-6-10-12;2*1-2-5-9-7-3-6-8(9)4-1;2*7-6-4-2-1-3-5-6;;;;/h2*1-10H;2*1-7H;2*6-7H,1-5H2;2*1H;;/q;;4*-1;;;;/p-2. The molecule has 0 atom stereocenters. The fourth-order valence-electron chi connectivity index (χ4n) is 6.76. The Morgan fingerprint density at radius 2 is 0.597 bits per heavy atom. The van der Waals surface area contributed by atoms with E-state index in [2.05, 4.69) is 206 Å². The van der Waals surface area contributed by atoms with Crippen molar-refractivity contribution < 1.29 is 76.5 Å². The zero-order valence-electron chi connectivity index (χ0n) is 35.6. The summed E-state index contributed by atoms with van der Waals surface area (Å²) >= 11 is 0. The van der Waals surface area contributed by atoms with Crippen molar-refractivity contribution in [3.05, 3.63) is 218 Å². The van der Waals surface area contributed by atoms with Gasteiger partial charge in [-0.1, -0.05) is 218 Å². The first-order chi connectivity index (χ1) is 28.6. The molecule has 0 spiro atoms. The fraction of sp³-hybridized carbons (Fsp3) is 0.222. The van der Waals surface area contributed by atoms with Gasteiger partial charge in [0.1, 0.15) is 19.0 Å². The van der Waals surface area contributed by atoms with Crippen molar-refractivity contribution >= 4 is 61.3 Å². The van der Waals surface area contributed by atoms with Crippen molar-refractivity contribution in [2.75, 3.05) is 0 Å². The van der Waals surface area contributed by atoms with Crippen LogP contribution in [0.1, 0.15) is 64.2 Å². The van der Waals surface area contributed by atoms with Gasteiger partial charge in [-0.3, -0.25) is 0 Å². The summed E-state index contributed by atoms with van der Waals surface area (Å²) < 4.78 is 0. The predicted molar refractivity (Wildman–Crippen MR) is 257 cm³/mol. The SMILES string of the molecule is [Cl-].[Cl-].[Hf].[Hf].[NH-]C1CCCCC1.[NH-]C1CCCCC1.c1ccc([Si]c2ccccc2)cc1.c1ccc([Si]c2ccccc2)cc1.c1ccc2[cH-]ccc2c1.c1ccc2[cH-]ccc2c1. The maximum atomic E-state index is 7.27. The molecule has 2 aliphatic carbocycles. The van der Waals surface area contributed by atoms with Crippen molar-refractivity contribution in [1.29, 1.82) is 0 Å². The topological polar surface area (TPSA) is 47.6 Å². The van der Waals surface area contributed by atoms with Gasteiger partial charge in [-0.15, -0.1) is 71.4 Å². The van der Waals surface area contributed by atoms with Gasteiger partial charge in [-0.2, -0.15) is 35.0 Å². The molecule has 0 unspecified atom stereocenters. The molecule has 62 heavy (non-hydrogen) atoms. The molecule has 8 aromatic carbocycles. The van der Waals surface area contributed by atoms with Crippen LogP contribution in [-0.2, 0) is 51.7 Å². The molecule has 0 amide bonds. The Morgan fingerprint density at radius 3 is 0.839 bits per heavy atom. The first-order valence-electron chi connectivity index (χ1n) is 21.0. The Labute approximate surface area is 427 Å². The predicted octanol–water partition coefficient (Wildman–Crippen LogP) is 6.55. The summed E-state index contributed by atoms with van der Waals surface area (Å²) in [4.78, 5) is 0. The van der Waals surface area contributed by atoms with E-state index in [1.165, 1.54) is 80.8 Å². The van der Waals surface area contributed by atoms with E-state index in [1.807, 2.05) is 0 Å². The molecule has 2 fully saturated rings. The molecule has 8 aromatic rings.